The number of aromatic nitrogens is 1. The Morgan fingerprint density at radius 3 is 2.89 bits per heavy atom. The minimum Gasteiger partial charge on any atom is -0.314 e. The van der Waals surface area contributed by atoms with Crippen LogP contribution in [-0.4, -0.2) is 36.1 Å². The molecular formula is C15H19N3. The van der Waals surface area contributed by atoms with E-state index in [9.17, 15) is 0 Å². The Hall–Kier alpha value is -1.45. The molecule has 3 rings (SSSR count). The third kappa shape index (κ3) is 2.37. The van der Waals surface area contributed by atoms with E-state index in [0.29, 0.717) is 0 Å². The van der Waals surface area contributed by atoms with Crippen LogP contribution in [0.1, 0.15) is 11.1 Å². The minimum absolute atomic E-state index is 1.05. The first-order valence-electron chi connectivity index (χ1n) is 6.59. The summed E-state index contributed by atoms with van der Waals surface area (Å²) in [5.41, 5.74) is 2.64. The Kier molecular flexibility index (Phi) is 3.26. The summed E-state index contributed by atoms with van der Waals surface area (Å²) in [7, 11) is 0. The van der Waals surface area contributed by atoms with Gasteiger partial charge in [0.2, 0.25) is 0 Å². The number of rotatable bonds is 2. The van der Waals surface area contributed by atoms with Crippen LogP contribution in [0.3, 0.4) is 0 Å². The molecule has 0 amide bonds. The van der Waals surface area contributed by atoms with Gasteiger partial charge in [-0.3, -0.25) is 9.88 Å². The van der Waals surface area contributed by atoms with Gasteiger partial charge in [-0.2, -0.15) is 0 Å². The van der Waals surface area contributed by atoms with E-state index in [1.807, 2.05) is 12.4 Å². The molecule has 0 atom stereocenters. The Balaban J connectivity index is 1.84. The molecule has 0 spiro atoms. The van der Waals surface area contributed by atoms with E-state index in [1.54, 1.807) is 0 Å². The summed E-state index contributed by atoms with van der Waals surface area (Å²) in [5.74, 6) is 0. The molecule has 1 fully saturated rings. The first kappa shape index (κ1) is 11.6. The van der Waals surface area contributed by atoms with Crippen molar-refractivity contribution in [1.29, 1.82) is 0 Å². The van der Waals surface area contributed by atoms with Gasteiger partial charge in [0, 0.05) is 50.5 Å². The van der Waals surface area contributed by atoms with E-state index >= 15 is 0 Å². The topological polar surface area (TPSA) is 28.2 Å². The number of fused-ring (bicyclic) bond motifs is 1. The molecule has 2 heterocycles. The number of hydrogen-bond donors (Lipinski definition) is 1. The van der Waals surface area contributed by atoms with Crippen LogP contribution < -0.4 is 5.32 Å². The molecule has 0 bridgehead atoms. The molecule has 1 saturated heterocycles. The quantitative estimate of drug-likeness (QED) is 0.871. The predicted octanol–water partition coefficient (Wildman–Crippen LogP) is 1.95. The van der Waals surface area contributed by atoms with Crippen LogP contribution in [0.15, 0.2) is 30.6 Å². The number of piperazine rings is 1. The molecule has 0 aliphatic carbocycles. The highest BCUT2D eigenvalue weighted by Gasteiger charge is 2.10. The SMILES string of the molecule is Cc1cncc2cc(CN3CCNCC3)ccc12. The molecule has 94 valence electrons. The second-order valence-corrected chi connectivity index (χ2v) is 5.04. The zero-order chi connectivity index (χ0) is 12.4. The van der Waals surface area contributed by atoms with Crippen molar-refractivity contribution >= 4 is 10.8 Å². The molecule has 1 aliphatic heterocycles. The molecule has 3 nitrogen and oxygen atoms in total. The van der Waals surface area contributed by atoms with Gasteiger partial charge < -0.3 is 5.32 Å². The van der Waals surface area contributed by atoms with Gasteiger partial charge >= 0.3 is 0 Å². The van der Waals surface area contributed by atoms with Crippen molar-refractivity contribution in [3.63, 3.8) is 0 Å². The second kappa shape index (κ2) is 5.04. The van der Waals surface area contributed by atoms with Gasteiger partial charge in [-0.15, -0.1) is 0 Å². The summed E-state index contributed by atoms with van der Waals surface area (Å²) in [6, 6.07) is 6.75. The normalized spacial score (nSPS) is 17.2. The molecule has 1 aromatic heterocycles. The largest absolute Gasteiger partial charge is 0.314 e. The maximum absolute atomic E-state index is 4.28. The Morgan fingerprint density at radius 1 is 1.22 bits per heavy atom. The third-order valence-electron chi connectivity index (χ3n) is 3.64. The van der Waals surface area contributed by atoms with Crippen molar-refractivity contribution in [2.45, 2.75) is 13.5 Å². The molecule has 0 saturated carbocycles. The fourth-order valence-corrected chi connectivity index (χ4v) is 2.60. The maximum atomic E-state index is 4.28. The molecule has 3 heteroatoms. The third-order valence-corrected chi connectivity index (χ3v) is 3.64. The fourth-order valence-electron chi connectivity index (χ4n) is 2.60. The van der Waals surface area contributed by atoms with Crippen molar-refractivity contribution in [3.05, 3.63) is 41.7 Å². The molecule has 1 aromatic carbocycles. The van der Waals surface area contributed by atoms with Crippen molar-refractivity contribution in [2.75, 3.05) is 26.2 Å². The van der Waals surface area contributed by atoms with Gasteiger partial charge in [0.15, 0.2) is 0 Å². The van der Waals surface area contributed by atoms with Crippen LogP contribution in [0.5, 0.6) is 0 Å². The van der Waals surface area contributed by atoms with Crippen LogP contribution >= 0.6 is 0 Å². The van der Waals surface area contributed by atoms with E-state index in [2.05, 4.69) is 40.3 Å². The summed E-state index contributed by atoms with van der Waals surface area (Å²) in [5, 5.41) is 5.95. The average molecular weight is 241 g/mol. The second-order valence-electron chi connectivity index (χ2n) is 5.04. The smallest absolute Gasteiger partial charge is 0.0346 e. The summed E-state index contributed by atoms with van der Waals surface area (Å²) < 4.78 is 0. The molecule has 1 aliphatic rings. The lowest BCUT2D eigenvalue weighted by molar-refractivity contribution is 0.233. The van der Waals surface area contributed by atoms with Crippen LogP contribution in [-0.2, 0) is 6.54 Å². The van der Waals surface area contributed by atoms with E-state index < -0.39 is 0 Å². The summed E-state index contributed by atoms with van der Waals surface area (Å²) in [6.45, 7) is 7.66. The van der Waals surface area contributed by atoms with Crippen LogP contribution in [0.2, 0.25) is 0 Å². The zero-order valence-electron chi connectivity index (χ0n) is 10.8. The van der Waals surface area contributed by atoms with Gasteiger partial charge in [0.05, 0.1) is 0 Å². The van der Waals surface area contributed by atoms with E-state index in [0.717, 1.165) is 32.7 Å². The van der Waals surface area contributed by atoms with Crippen molar-refractivity contribution in [3.8, 4) is 0 Å². The van der Waals surface area contributed by atoms with E-state index in [1.165, 1.54) is 21.9 Å². The van der Waals surface area contributed by atoms with Gasteiger partial charge in [0.1, 0.15) is 0 Å². The first-order chi connectivity index (χ1) is 8.83. The fraction of sp³-hybridized carbons (Fsp3) is 0.400. The van der Waals surface area contributed by atoms with Crippen molar-refractivity contribution < 1.29 is 0 Å². The average Bonchev–Trinajstić information content (AvgIpc) is 2.40. The highest BCUT2D eigenvalue weighted by atomic mass is 15.2. The zero-order valence-corrected chi connectivity index (χ0v) is 10.8. The summed E-state index contributed by atoms with van der Waals surface area (Å²) >= 11 is 0. The number of nitrogens with one attached hydrogen (secondary N) is 1. The molecule has 1 N–H and O–H groups in total. The number of benzene rings is 1. The molecule has 2 aromatic rings. The molecule has 0 unspecified atom stereocenters. The predicted molar refractivity (Wildman–Crippen MR) is 74.6 cm³/mol. The highest BCUT2D eigenvalue weighted by molar-refractivity contribution is 5.85. The molecule has 18 heavy (non-hydrogen) atoms. The van der Waals surface area contributed by atoms with Crippen LogP contribution in [0.4, 0.5) is 0 Å². The monoisotopic (exact) mass is 241 g/mol. The first-order valence-corrected chi connectivity index (χ1v) is 6.59. The Bertz CT molecular complexity index is 544. The van der Waals surface area contributed by atoms with Gasteiger partial charge in [-0.1, -0.05) is 12.1 Å². The Morgan fingerprint density at radius 2 is 2.06 bits per heavy atom. The summed E-state index contributed by atoms with van der Waals surface area (Å²) in [6.07, 6.45) is 3.89. The van der Waals surface area contributed by atoms with Crippen molar-refractivity contribution in [1.82, 2.24) is 15.2 Å². The lowest BCUT2D eigenvalue weighted by Gasteiger charge is -2.27. The minimum atomic E-state index is 1.05. The standard InChI is InChI=1S/C15H19N3/c1-12-9-17-10-14-8-13(2-3-15(12)14)11-18-6-4-16-5-7-18/h2-3,8-10,16H,4-7,11H2,1H3. The lowest BCUT2D eigenvalue weighted by atomic mass is 10.1. The number of aryl methyl sites for hydroxylation is 1. The van der Waals surface area contributed by atoms with E-state index in [4.69, 9.17) is 0 Å². The maximum Gasteiger partial charge on any atom is 0.0346 e. The van der Waals surface area contributed by atoms with Gasteiger partial charge in [-0.25, -0.2) is 0 Å². The number of nitrogens with zero attached hydrogens (tertiary/aromatic N) is 2. The van der Waals surface area contributed by atoms with Gasteiger partial charge in [0.25, 0.3) is 0 Å². The van der Waals surface area contributed by atoms with E-state index in [-0.39, 0.29) is 0 Å². The molecular weight excluding hydrogens is 222 g/mol. The number of hydrogen-bond acceptors (Lipinski definition) is 3. The number of pyridine rings is 1. The Labute approximate surface area is 108 Å². The molecule has 0 radical (unpaired) electrons. The highest BCUT2D eigenvalue weighted by Crippen LogP contribution is 2.19. The van der Waals surface area contributed by atoms with Gasteiger partial charge in [-0.05, 0) is 29.5 Å². The van der Waals surface area contributed by atoms with Crippen LogP contribution in [0, 0.1) is 6.92 Å². The lowest BCUT2D eigenvalue weighted by Crippen LogP contribution is -2.42. The van der Waals surface area contributed by atoms with Crippen LogP contribution in [0.25, 0.3) is 10.8 Å². The van der Waals surface area contributed by atoms with Crippen molar-refractivity contribution in [2.24, 2.45) is 0 Å². The summed E-state index contributed by atoms with van der Waals surface area (Å²) in [4.78, 5) is 6.78.